The van der Waals surface area contributed by atoms with Gasteiger partial charge >= 0.3 is 0 Å². The van der Waals surface area contributed by atoms with Gasteiger partial charge in [-0.05, 0) is 24.6 Å². The van der Waals surface area contributed by atoms with E-state index in [2.05, 4.69) is 18.8 Å². The van der Waals surface area contributed by atoms with Crippen LogP contribution in [0.5, 0.6) is 5.75 Å². The second kappa shape index (κ2) is 5.41. The topological polar surface area (TPSA) is 42.4 Å². The van der Waals surface area contributed by atoms with Crippen molar-refractivity contribution in [2.45, 2.75) is 25.9 Å². The van der Waals surface area contributed by atoms with Crippen molar-refractivity contribution in [2.75, 3.05) is 6.61 Å². The molecule has 0 aliphatic carbocycles. The summed E-state index contributed by atoms with van der Waals surface area (Å²) >= 11 is 12.3. The highest BCUT2D eigenvalue weighted by molar-refractivity contribution is 6.42. The Morgan fingerprint density at radius 1 is 1.18 bits per heavy atom. The summed E-state index contributed by atoms with van der Waals surface area (Å²) in [6, 6.07) is 8.83. The van der Waals surface area contributed by atoms with Crippen LogP contribution >= 0.6 is 23.2 Å². The molecule has 3 nitrogen and oxygen atoms in total. The number of pyridine rings is 1. The Kier molecular flexibility index (Phi) is 3.84. The van der Waals surface area contributed by atoms with Gasteiger partial charge in [-0.25, -0.2) is 0 Å². The molecular formula is C17H17Cl2NO2. The number of aromatic nitrogens is 1. The standard InChI is InChI=1S/C17H17Cl2NO2/c1-16(2)9-17(21,15-5-3-4-6-20-15)11-7-12(18)13(19)8-14(11)22-10-16/h3-8,21H,9-10H2,1-2H3. The van der Waals surface area contributed by atoms with Crippen molar-refractivity contribution in [3.63, 3.8) is 0 Å². The van der Waals surface area contributed by atoms with Crippen LogP contribution in [0.25, 0.3) is 0 Å². The second-order valence-electron chi connectivity index (χ2n) is 6.47. The van der Waals surface area contributed by atoms with Gasteiger partial charge in [-0.3, -0.25) is 4.98 Å². The zero-order chi connectivity index (χ0) is 16.0. The first-order valence-corrected chi connectivity index (χ1v) is 7.84. The van der Waals surface area contributed by atoms with Crippen molar-refractivity contribution in [3.05, 3.63) is 57.8 Å². The molecule has 22 heavy (non-hydrogen) atoms. The molecule has 1 unspecified atom stereocenters. The molecule has 0 spiro atoms. The summed E-state index contributed by atoms with van der Waals surface area (Å²) in [5.74, 6) is 0.549. The summed E-state index contributed by atoms with van der Waals surface area (Å²) in [4.78, 5) is 4.35. The Hall–Kier alpha value is -1.29. The van der Waals surface area contributed by atoms with Crippen LogP contribution in [0.4, 0.5) is 0 Å². The third-order valence-corrected chi connectivity index (χ3v) is 4.63. The maximum absolute atomic E-state index is 11.5. The molecule has 2 aromatic rings. The van der Waals surface area contributed by atoms with Gasteiger partial charge in [0.15, 0.2) is 0 Å². The van der Waals surface area contributed by atoms with Crippen LogP contribution in [-0.4, -0.2) is 16.7 Å². The molecule has 116 valence electrons. The monoisotopic (exact) mass is 337 g/mol. The molecule has 2 heterocycles. The predicted molar refractivity (Wildman–Crippen MR) is 87.6 cm³/mol. The van der Waals surface area contributed by atoms with E-state index < -0.39 is 5.60 Å². The number of hydrogen-bond acceptors (Lipinski definition) is 3. The van der Waals surface area contributed by atoms with E-state index >= 15 is 0 Å². The Balaban J connectivity index is 2.25. The lowest BCUT2D eigenvalue weighted by Crippen LogP contribution is -2.34. The van der Waals surface area contributed by atoms with Crippen molar-refractivity contribution in [1.82, 2.24) is 4.98 Å². The number of rotatable bonds is 1. The van der Waals surface area contributed by atoms with Crippen molar-refractivity contribution in [2.24, 2.45) is 5.41 Å². The molecule has 1 aromatic carbocycles. The molecule has 3 rings (SSSR count). The Morgan fingerprint density at radius 3 is 2.59 bits per heavy atom. The molecule has 0 saturated carbocycles. The fourth-order valence-electron chi connectivity index (χ4n) is 2.92. The molecule has 0 fully saturated rings. The third-order valence-electron chi connectivity index (χ3n) is 3.91. The van der Waals surface area contributed by atoms with E-state index in [1.807, 2.05) is 18.2 Å². The van der Waals surface area contributed by atoms with E-state index in [1.165, 1.54) is 0 Å². The average molecular weight is 338 g/mol. The summed E-state index contributed by atoms with van der Waals surface area (Å²) in [6.45, 7) is 4.58. The van der Waals surface area contributed by atoms with E-state index in [0.717, 1.165) is 0 Å². The number of benzene rings is 1. The molecule has 1 atom stereocenters. The maximum atomic E-state index is 11.5. The van der Waals surface area contributed by atoms with E-state index in [4.69, 9.17) is 27.9 Å². The summed E-state index contributed by atoms with van der Waals surface area (Å²) in [7, 11) is 0. The number of aliphatic hydroxyl groups is 1. The van der Waals surface area contributed by atoms with Gasteiger partial charge in [0, 0.05) is 23.2 Å². The molecule has 1 aliphatic rings. The van der Waals surface area contributed by atoms with Crippen molar-refractivity contribution >= 4 is 23.2 Å². The minimum absolute atomic E-state index is 0.232. The molecule has 1 N–H and O–H groups in total. The SMILES string of the molecule is CC1(C)COc2cc(Cl)c(Cl)cc2C(O)(c2ccccn2)C1. The molecule has 0 saturated heterocycles. The molecule has 0 amide bonds. The van der Waals surface area contributed by atoms with Gasteiger partial charge in [-0.2, -0.15) is 0 Å². The van der Waals surface area contributed by atoms with Crippen LogP contribution in [-0.2, 0) is 5.60 Å². The molecule has 1 aromatic heterocycles. The van der Waals surface area contributed by atoms with Crippen LogP contribution in [0, 0.1) is 5.41 Å². The van der Waals surface area contributed by atoms with Crippen LogP contribution in [0.3, 0.4) is 0 Å². The average Bonchev–Trinajstić information content (AvgIpc) is 2.57. The summed E-state index contributed by atoms with van der Waals surface area (Å²) in [5.41, 5.74) is -0.325. The number of ether oxygens (including phenoxy) is 1. The van der Waals surface area contributed by atoms with Gasteiger partial charge in [-0.1, -0.05) is 43.1 Å². The number of nitrogens with zero attached hydrogens (tertiary/aromatic N) is 1. The van der Waals surface area contributed by atoms with E-state index in [-0.39, 0.29) is 5.41 Å². The smallest absolute Gasteiger partial charge is 0.136 e. The molecular weight excluding hydrogens is 321 g/mol. The fourth-order valence-corrected chi connectivity index (χ4v) is 3.24. The van der Waals surface area contributed by atoms with Gasteiger partial charge in [0.05, 0.1) is 22.3 Å². The van der Waals surface area contributed by atoms with Gasteiger partial charge < -0.3 is 9.84 Å². The number of halogens is 2. The molecule has 1 aliphatic heterocycles. The van der Waals surface area contributed by atoms with Crippen LogP contribution in [0.1, 0.15) is 31.5 Å². The van der Waals surface area contributed by atoms with Crippen molar-refractivity contribution in [1.29, 1.82) is 0 Å². The number of fused-ring (bicyclic) bond motifs is 1. The Bertz CT molecular complexity index is 703. The molecule has 0 bridgehead atoms. The lowest BCUT2D eigenvalue weighted by atomic mass is 9.76. The minimum atomic E-state index is -1.27. The normalized spacial score (nSPS) is 23.3. The number of hydrogen-bond donors (Lipinski definition) is 1. The van der Waals surface area contributed by atoms with Crippen molar-refractivity contribution in [3.8, 4) is 5.75 Å². The summed E-state index contributed by atoms with van der Waals surface area (Å²) in [5, 5.41) is 12.3. The Labute approximate surface area is 139 Å². The summed E-state index contributed by atoms with van der Waals surface area (Å²) in [6.07, 6.45) is 2.14. The molecule has 5 heteroatoms. The zero-order valence-corrected chi connectivity index (χ0v) is 13.9. The quantitative estimate of drug-likeness (QED) is 0.836. The lowest BCUT2D eigenvalue weighted by Gasteiger charge is -2.33. The predicted octanol–water partition coefficient (Wildman–Crippen LogP) is 4.43. The minimum Gasteiger partial charge on any atom is -0.493 e. The largest absolute Gasteiger partial charge is 0.493 e. The Morgan fingerprint density at radius 2 is 1.91 bits per heavy atom. The van der Waals surface area contributed by atoms with Crippen LogP contribution < -0.4 is 4.74 Å². The fraction of sp³-hybridized carbons (Fsp3) is 0.353. The van der Waals surface area contributed by atoms with Gasteiger partial charge in [-0.15, -0.1) is 0 Å². The van der Waals surface area contributed by atoms with Crippen LogP contribution in [0.2, 0.25) is 10.0 Å². The van der Waals surface area contributed by atoms with Gasteiger partial charge in [0.25, 0.3) is 0 Å². The molecule has 0 radical (unpaired) electrons. The first kappa shape index (κ1) is 15.6. The van der Waals surface area contributed by atoms with Crippen LogP contribution in [0.15, 0.2) is 36.5 Å². The first-order chi connectivity index (χ1) is 10.3. The highest BCUT2D eigenvalue weighted by atomic mass is 35.5. The highest BCUT2D eigenvalue weighted by Gasteiger charge is 2.44. The van der Waals surface area contributed by atoms with Gasteiger partial charge in [0.1, 0.15) is 11.4 Å². The summed E-state index contributed by atoms with van der Waals surface area (Å²) < 4.78 is 5.89. The van der Waals surface area contributed by atoms with E-state index in [9.17, 15) is 5.11 Å². The van der Waals surface area contributed by atoms with Crippen molar-refractivity contribution < 1.29 is 9.84 Å². The zero-order valence-electron chi connectivity index (χ0n) is 12.4. The highest BCUT2D eigenvalue weighted by Crippen LogP contribution is 2.48. The second-order valence-corrected chi connectivity index (χ2v) is 7.28. The lowest BCUT2D eigenvalue weighted by molar-refractivity contribution is 0.0265. The third kappa shape index (κ3) is 2.69. The van der Waals surface area contributed by atoms with Gasteiger partial charge in [0.2, 0.25) is 0 Å². The first-order valence-electron chi connectivity index (χ1n) is 7.08. The van der Waals surface area contributed by atoms with E-state index in [1.54, 1.807) is 18.3 Å². The maximum Gasteiger partial charge on any atom is 0.136 e. The van der Waals surface area contributed by atoms with E-state index in [0.29, 0.717) is 40.1 Å².